The molecule has 0 aliphatic heterocycles. The van der Waals surface area contributed by atoms with Crippen molar-refractivity contribution < 1.29 is 9.47 Å². The van der Waals surface area contributed by atoms with Gasteiger partial charge in [-0.25, -0.2) is 4.98 Å². The Morgan fingerprint density at radius 1 is 0.966 bits per heavy atom. The lowest BCUT2D eigenvalue weighted by molar-refractivity contribution is 0.126. The molecule has 5 nitrogen and oxygen atoms in total. The van der Waals surface area contributed by atoms with Crippen LogP contribution in [-0.4, -0.2) is 21.1 Å². The first-order chi connectivity index (χ1) is 14.3. The van der Waals surface area contributed by atoms with Crippen molar-refractivity contribution in [1.29, 1.82) is 0 Å². The Kier molecular flexibility index (Phi) is 6.06. The highest BCUT2D eigenvalue weighted by molar-refractivity contribution is 6.02. The second-order valence-electron chi connectivity index (χ2n) is 7.12. The molecule has 0 atom stereocenters. The first kappa shape index (κ1) is 19.4. The predicted octanol–water partition coefficient (Wildman–Crippen LogP) is 5.50. The topological polar surface area (TPSA) is 49.2 Å². The van der Waals surface area contributed by atoms with E-state index >= 15 is 0 Å². The van der Waals surface area contributed by atoms with E-state index in [1.54, 1.807) is 0 Å². The van der Waals surface area contributed by atoms with Crippen LogP contribution < -0.4 is 4.74 Å². The SMILES string of the molecule is CCCCn1c(COCC)nc2cnc3ccc(OCc4ccccc4)cc3c21. The van der Waals surface area contributed by atoms with Crippen molar-refractivity contribution in [2.75, 3.05) is 6.61 Å². The molecule has 0 unspecified atom stereocenters. The quantitative estimate of drug-likeness (QED) is 0.379. The summed E-state index contributed by atoms with van der Waals surface area (Å²) in [7, 11) is 0. The fourth-order valence-corrected chi connectivity index (χ4v) is 3.53. The van der Waals surface area contributed by atoms with Crippen LogP contribution in [0.5, 0.6) is 5.75 Å². The number of nitrogens with zero attached hydrogens (tertiary/aromatic N) is 3. The molecule has 150 valence electrons. The third-order valence-electron chi connectivity index (χ3n) is 5.04. The minimum Gasteiger partial charge on any atom is -0.489 e. The van der Waals surface area contributed by atoms with Gasteiger partial charge in [0.25, 0.3) is 0 Å². The third kappa shape index (κ3) is 4.25. The maximum absolute atomic E-state index is 6.06. The van der Waals surface area contributed by atoms with Crippen molar-refractivity contribution in [3.63, 3.8) is 0 Å². The van der Waals surface area contributed by atoms with Gasteiger partial charge in [0.05, 0.1) is 17.2 Å². The summed E-state index contributed by atoms with van der Waals surface area (Å²) in [6.45, 7) is 6.86. The lowest BCUT2D eigenvalue weighted by atomic mass is 10.1. The summed E-state index contributed by atoms with van der Waals surface area (Å²) < 4.78 is 14.0. The van der Waals surface area contributed by atoms with Crippen molar-refractivity contribution in [3.8, 4) is 5.75 Å². The molecule has 4 rings (SSSR count). The van der Waals surface area contributed by atoms with Crippen LogP contribution in [0, 0.1) is 0 Å². The third-order valence-corrected chi connectivity index (χ3v) is 5.04. The summed E-state index contributed by atoms with van der Waals surface area (Å²) in [5, 5.41) is 1.07. The van der Waals surface area contributed by atoms with Crippen molar-refractivity contribution in [2.24, 2.45) is 0 Å². The van der Waals surface area contributed by atoms with Gasteiger partial charge < -0.3 is 14.0 Å². The van der Waals surface area contributed by atoms with Gasteiger partial charge in [-0.1, -0.05) is 43.7 Å². The van der Waals surface area contributed by atoms with E-state index in [-0.39, 0.29) is 0 Å². The highest BCUT2D eigenvalue weighted by Gasteiger charge is 2.15. The first-order valence-corrected chi connectivity index (χ1v) is 10.3. The molecular formula is C24H27N3O2. The molecule has 0 N–H and O–H groups in total. The summed E-state index contributed by atoms with van der Waals surface area (Å²) in [4.78, 5) is 9.42. The van der Waals surface area contributed by atoms with Gasteiger partial charge >= 0.3 is 0 Å². The van der Waals surface area contributed by atoms with E-state index in [2.05, 4.69) is 34.7 Å². The zero-order valence-corrected chi connectivity index (χ0v) is 17.1. The fraction of sp³-hybridized carbons (Fsp3) is 0.333. The number of fused-ring (bicyclic) bond motifs is 3. The summed E-state index contributed by atoms with van der Waals surface area (Å²) in [6.07, 6.45) is 4.08. The van der Waals surface area contributed by atoms with Gasteiger partial charge in [0, 0.05) is 18.5 Å². The lowest BCUT2D eigenvalue weighted by Gasteiger charge is -2.11. The largest absolute Gasteiger partial charge is 0.489 e. The molecule has 2 heterocycles. The molecule has 0 aliphatic carbocycles. The van der Waals surface area contributed by atoms with E-state index in [0.717, 1.165) is 58.5 Å². The average molecular weight is 389 g/mol. The molecule has 0 saturated heterocycles. The Bertz CT molecular complexity index is 1090. The Morgan fingerprint density at radius 3 is 2.62 bits per heavy atom. The predicted molar refractivity (Wildman–Crippen MR) is 116 cm³/mol. The maximum atomic E-state index is 6.06. The van der Waals surface area contributed by atoms with Gasteiger partial charge in [-0.3, -0.25) is 4.98 Å². The van der Waals surface area contributed by atoms with Gasteiger partial charge in [-0.2, -0.15) is 0 Å². The molecule has 0 saturated carbocycles. The van der Waals surface area contributed by atoms with E-state index in [0.29, 0.717) is 19.8 Å². The molecule has 0 aliphatic rings. The summed E-state index contributed by atoms with van der Waals surface area (Å²) in [5.74, 6) is 1.80. The number of rotatable bonds is 9. The van der Waals surface area contributed by atoms with Crippen molar-refractivity contribution >= 4 is 21.9 Å². The smallest absolute Gasteiger partial charge is 0.136 e. The Labute approximate surface area is 171 Å². The van der Waals surface area contributed by atoms with Gasteiger partial charge in [0.15, 0.2) is 0 Å². The highest BCUT2D eigenvalue weighted by Crippen LogP contribution is 2.29. The number of benzene rings is 2. The number of aryl methyl sites for hydroxylation is 1. The number of unbranched alkanes of at least 4 members (excludes halogenated alkanes) is 1. The molecule has 4 aromatic rings. The number of pyridine rings is 1. The van der Waals surface area contributed by atoms with Crippen LogP contribution in [0.1, 0.15) is 38.1 Å². The van der Waals surface area contributed by atoms with E-state index in [1.807, 2.05) is 43.5 Å². The van der Waals surface area contributed by atoms with E-state index < -0.39 is 0 Å². The van der Waals surface area contributed by atoms with Crippen LogP contribution >= 0.6 is 0 Å². The van der Waals surface area contributed by atoms with Crippen LogP contribution in [0.2, 0.25) is 0 Å². The van der Waals surface area contributed by atoms with Gasteiger partial charge in [-0.15, -0.1) is 0 Å². The number of ether oxygens (including phenoxy) is 2. The number of hydrogen-bond acceptors (Lipinski definition) is 4. The Balaban J connectivity index is 1.74. The number of imidazole rings is 1. The highest BCUT2D eigenvalue weighted by atomic mass is 16.5. The van der Waals surface area contributed by atoms with Crippen LogP contribution in [-0.2, 0) is 24.5 Å². The molecule has 0 bridgehead atoms. The fourth-order valence-electron chi connectivity index (χ4n) is 3.53. The first-order valence-electron chi connectivity index (χ1n) is 10.3. The minimum absolute atomic E-state index is 0.514. The van der Waals surface area contributed by atoms with Crippen molar-refractivity contribution in [1.82, 2.24) is 14.5 Å². The average Bonchev–Trinajstić information content (AvgIpc) is 3.13. The van der Waals surface area contributed by atoms with Gasteiger partial charge in [0.2, 0.25) is 0 Å². The molecule has 2 aromatic carbocycles. The van der Waals surface area contributed by atoms with Crippen molar-refractivity contribution in [2.45, 2.75) is 46.4 Å². The lowest BCUT2D eigenvalue weighted by Crippen LogP contribution is -2.06. The zero-order chi connectivity index (χ0) is 20.1. The normalized spacial score (nSPS) is 11.4. The number of hydrogen-bond donors (Lipinski definition) is 0. The van der Waals surface area contributed by atoms with Crippen LogP contribution in [0.3, 0.4) is 0 Å². The molecule has 0 radical (unpaired) electrons. The van der Waals surface area contributed by atoms with E-state index in [9.17, 15) is 0 Å². The number of aromatic nitrogens is 3. The second-order valence-corrected chi connectivity index (χ2v) is 7.12. The standard InChI is InChI=1S/C24H27N3O2/c1-3-5-13-27-23(17-28-4-2)26-22-15-25-21-12-11-19(14-20(21)24(22)27)29-16-18-9-7-6-8-10-18/h6-12,14-15H,3-5,13,16-17H2,1-2H3. The summed E-state index contributed by atoms with van der Waals surface area (Å²) >= 11 is 0. The van der Waals surface area contributed by atoms with Crippen molar-refractivity contribution in [3.05, 3.63) is 66.1 Å². The Morgan fingerprint density at radius 2 is 1.83 bits per heavy atom. The van der Waals surface area contributed by atoms with Gasteiger partial charge in [-0.05, 0) is 37.1 Å². The molecule has 2 aromatic heterocycles. The minimum atomic E-state index is 0.514. The molecule has 29 heavy (non-hydrogen) atoms. The maximum Gasteiger partial charge on any atom is 0.136 e. The monoisotopic (exact) mass is 389 g/mol. The van der Waals surface area contributed by atoms with E-state index in [1.165, 1.54) is 0 Å². The molecule has 0 spiro atoms. The van der Waals surface area contributed by atoms with E-state index in [4.69, 9.17) is 14.5 Å². The molecular weight excluding hydrogens is 362 g/mol. The summed E-state index contributed by atoms with van der Waals surface area (Å²) in [6, 6.07) is 16.3. The molecule has 0 fully saturated rings. The van der Waals surface area contributed by atoms with Crippen LogP contribution in [0.15, 0.2) is 54.7 Å². The molecule has 5 heteroatoms. The molecule has 0 amide bonds. The zero-order valence-electron chi connectivity index (χ0n) is 17.1. The second kappa shape index (κ2) is 9.05. The summed E-state index contributed by atoms with van der Waals surface area (Å²) in [5.41, 5.74) is 4.12. The van der Waals surface area contributed by atoms with Crippen LogP contribution in [0.4, 0.5) is 0 Å². The van der Waals surface area contributed by atoms with Gasteiger partial charge in [0.1, 0.15) is 30.3 Å². The van der Waals surface area contributed by atoms with Crippen LogP contribution in [0.25, 0.3) is 21.9 Å². The Hall–Kier alpha value is -2.92.